The maximum Gasteiger partial charge on any atom is 0.341 e. The molecule has 2 N–H and O–H groups in total. The number of esters is 1. The van der Waals surface area contributed by atoms with Crippen LogP contribution in [0, 0.1) is 0 Å². The molecule has 8 nitrogen and oxygen atoms in total. The van der Waals surface area contributed by atoms with Crippen LogP contribution in [0.15, 0.2) is 4.34 Å². The Hall–Kier alpha value is -1.69. The number of amides is 1. The van der Waals surface area contributed by atoms with Crippen LogP contribution in [0.25, 0.3) is 0 Å². The van der Waals surface area contributed by atoms with Crippen LogP contribution in [0.1, 0.15) is 33.6 Å². The van der Waals surface area contributed by atoms with Gasteiger partial charge in [0.15, 0.2) is 4.34 Å². The third kappa shape index (κ3) is 5.22. The lowest BCUT2D eigenvalue weighted by atomic mass is 9.95. The van der Waals surface area contributed by atoms with Gasteiger partial charge in [0, 0.05) is 18.5 Å². The Morgan fingerprint density at radius 3 is 2.79 bits per heavy atom. The molecule has 0 aromatic carbocycles. The number of ether oxygens (including phenoxy) is 2. The van der Waals surface area contributed by atoms with Crippen molar-refractivity contribution in [3.8, 4) is 0 Å². The van der Waals surface area contributed by atoms with Gasteiger partial charge in [0.25, 0.3) is 0 Å². The van der Waals surface area contributed by atoms with Crippen molar-refractivity contribution in [1.29, 1.82) is 0 Å². The summed E-state index contributed by atoms with van der Waals surface area (Å²) in [5, 5.41) is 15.4. The average Bonchev–Trinajstić information content (AvgIpc) is 3.30. The number of hydrogen-bond acceptors (Lipinski definition) is 10. The van der Waals surface area contributed by atoms with E-state index in [1.807, 2.05) is 0 Å². The number of methoxy groups -OCH3 is 2. The second-order valence-corrected chi connectivity index (χ2v) is 9.34. The smallest absolute Gasteiger partial charge is 0.341 e. The van der Waals surface area contributed by atoms with Gasteiger partial charge >= 0.3 is 5.97 Å². The van der Waals surface area contributed by atoms with Gasteiger partial charge in [-0.2, -0.15) is 0 Å². The zero-order chi connectivity index (χ0) is 19.9. The predicted octanol–water partition coefficient (Wildman–Crippen LogP) is 3.05. The van der Waals surface area contributed by atoms with Crippen LogP contribution in [-0.4, -0.2) is 55.2 Å². The van der Waals surface area contributed by atoms with Gasteiger partial charge in [-0.25, -0.2) is 4.79 Å². The number of aryl methyl sites for hydroxylation is 1. The molecule has 0 saturated carbocycles. The summed E-state index contributed by atoms with van der Waals surface area (Å²) in [6.07, 6.45) is 3.95. The van der Waals surface area contributed by atoms with E-state index in [0.717, 1.165) is 31.2 Å². The van der Waals surface area contributed by atoms with Crippen LogP contribution >= 0.6 is 34.4 Å². The van der Waals surface area contributed by atoms with E-state index >= 15 is 0 Å². The first-order valence-electron chi connectivity index (χ1n) is 8.84. The molecular weight excluding hydrogens is 420 g/mol. The van der Waals surface area contributed by atoms with Crippen molar-refractivity contribution in [2.24, 2.45) is 0 Å². The van der Waals surface area contributed by atoms with Gasteiger partial charge in [0.05, 0.1) is 25.0 Å². The van der Waals surface area contributed by atoms with E-state index in [1.54, 1.807) is 7.11 Å². The van der Waals surface area contributed by atoms with Crippen molar-refractivity contribution in [3.05, 3.63) is 16.0 Å². The van der Waals surface area contributed by atoms with Gasteiger partial charge in [-0.3, -0.25) is 4.79 Å². The Labute approximate surface area is 175 Å². The molecule has 0 unspecified atom stereocenters. The quantitative estimate of drug-likeness (QED) is 0.347. The van der Waals surface area contributed by atoms with Crippen LogP contribution in [0.2, 0.25) is 0 Å². The second kappa shape index (κ2) is 10.2. The van der Waals surface area contributed by atoms with Gasteiger partial charge in [-0.1, -0.05) is 23.1 Å². The molecule has 0 radical (unpaired) electrons. The van der Waals surface area contributed by atoms with Gasteiger partial charge < -0.3 is 20.1 Å². The van der Waals surface area contributed by atoms with E-state index in [2.05, 4.69) is 20.8 Å². The number of hydrogen-bond donors (Lipinski definition) is 2. The van der Waals surface area contributed by atoms with Crippen molar-refractivity contribution in [3.63, 3.8) is 0 Å². The number of nitrogens with zero attached hydrogens (tertiary/aromatic N) is 2. The van der Waals surface area contributed by atoms with E-state index in [0.29, 0.717) is 33.2 Å². The number of fused-ring (bicyclic) bond motifs is 1. The Morgan fingerprint density at radius 2 is 2.00 bits per heavy atom. The van der Waals surface area contributed by atoms with E-state index in [9.17, 15) is 9.59 Å². The summed E-state index contributed by atoms with van der Waals surface area (Å²) in [5.74, 6) is -0.383. The largest absolute Gasteiger partial charge is 0.465 e. The van der Waals surface area contributed by atoms with Crippen molar-refractivity contribution in [2.45, 2.75) is 30.0 Å². The SMILES string of the molecule is COCCNc1nnc(SCC(=O)Nc2sc3c(c2C(=O)OC)CCCC3)s1. The lowest BCUT2D eigenvalue weighted by Crippen LogP contribution is -2.16. The zero-order valence-corrected chi connectivity index (χ0v) is 18.2. The third-order valence-electron chi connectivity index (χ3n) is 4.13. The van der Waals surface area contributed by atoms with E-state index in [-0.39, 0.29) is 11.7 Å². The summed E-state index contributed by atoms with van der Waals surface area (Å²) in [7, 11) is 3.00. The topological polar surface area (TPSA) is 102 Å². The van der Waals surface area contributed by atoms with Crippen molar-refractivity contribution >= 4 is 56.4 Å². The highest BCUT2D eigenvalue weighted by molar-refractivity contribution is 8.01. The van der Waals surface area contributed by atoms with Crippen LogP contribution in [-0.2, 0) is 27.1 Å². The monoisotopic (exact) mass is 442 g/mol. The summed E-state index contributed by atoms with van der Waals surface area (Å²) in [5.41, 5.74) is 1.54. The fraction of sp³-hybridized carbons (Fsp3) is 0.529. The van der Waals surface area contributed by atoms with Crippen molar-refractivity contribution in [1.82, 2.24) is 10.2 Å². The Morgan fingerprint density at radius 1 is 1.18 bits per heavy atom. The molecule has 0 aliphatic heterocycles. The predicted molar refractivity (Wildman–Crippen MR) is 112 cm³/mol. The molecule has 152 valence electrons. The van der Waals surface area contributed by atoms with Gasteiger partial charge in [-0.15, -0.1) is 21.5 Å². The lowest BCUT2D eigenvalue weighted by molar-refractivity contribution is -0.113. The number of aromatic nitrogens is 2. The Bertz CT molecular complexity index is 836. The molecule has 0 atom stereocenters. The molecular formula is C17H22N4O4S3. The molecule has 2 aromatic rings. The highest BCUT2D eigenvalue weighted by atomic mass is 32.2. The Balaban J connectivity index is 1.59. The molecule has 1 aliphatic carbocycles. The molecule has 2 heterocycles. The molecule has 1 aliphatic rings. The summed E-state index contributed by atoms with van der Waals surface area (Å²) < 4.78 is 10.6. The molecule has 0 saturated heterocycles. The van der Waals surface area contributed by atoms with Crippen molar-refractivity contribution < 1.29 is 19.1 Å². The number of anilines is 2. The first-order valence-corrected chi connectivity index (χ1v) is 11.5. The first kappa shape index (κ1) is 21.0. The standard InChI is InChI=1S/C17H22N4O4S3/c1-24-8-7-18-16-20-21-17(28-16)26-9-12(22)19-14-13(15(23)25-2)10-5-3-4-6-11(10)27-14/h3-9H2,1-2H3,(H,18,20)(H,19,22). The highest BCUT2D eigenvalue weighted by Gasteiger charge is 2.26. The minimum atomic E-state index is -0.391. The van der Waals surface area contributed by atoms with Crippen molar-refractivity contribution in [2.75, 3.05) is 43.8 Å². The van der Waals surface area contributed by atoms with Gasteiger partial charge in [0.2, 0.25) is 11.0 Å². The van der Waals surface area contributed by atoms with E-state index < -0.39 is 5.97 Å². The number of carbonyl (C=O) groups excluding carboxylic acids is 2. The number of rotatable bonds is 9. The fourth-order valence-corrected chi connectivity index (χ4v) is 5.73. The van der Waals surface area contributed by atoms with Gasteiger partial charge in [-0.05, 0) is 31.2 Å². The molecule has 3 rings (SSSR count). The second-order valence-electron chi connectivity index (χ2n) is 6.04. The van der Waals surface area contributed by atoms with E-state index in [1.165, 1.54) is 46.4 Å². The molecule has 1 amide bonds. The third-order valence-corrected chi connectivity index (χ3v) is 7.35. The zero-order valence-electron chi connectivity index (χ0n) is 15.7. The molecule has 2 aromatic heterocycles. The maximum absolute atomic E-state index is 12.4. The minimum absolute atomic E-state index is 0.183. The maximum atomic E-state index is 12.4. The molecule has 0 fully saturated rings. The summed E-state index contributed by atoms with van der Waals surface area (Å²) in [6.45, 7) is 1.23. The molecule has 0 bridgehead atoms. The average molecular weight is 443 g/mol. The van der Waals surface area contributed by atoms with E-state index in [4.69, 9.17) is 9.47 Å². The normalized spacial score (nSPS) is 13.1. The number of carbonyl (C=O) groups is 2. The lowest BCUT2D eigenvalue weighted by Gasteiger charge is -2.11. The van der Waals surface area contributed by atoms with Crippen LogP contribution in [0.5, 0.6) is 0 Å². The number of thiophene rings is 1. The minimum Gasteiger partial charge on any atom is -0.465 e. The van der Waals surface area contributed by atoms with Gasteiger partial charge in [0.1, 0.15) is 5.00 Å². The highest BCUT2D eigenvalue weighted by Crippen LogP contribution is 2.38. The molecule has 0 spiro atoms. The number of nitrogens with one attached hydrogen (secondary N) is 2. The molecule has 28 heavy (non-hydrogen) atoms. The summed E-state index contributed by atoms with van der Waals surface area (Å²) >= 11 is 4.18. The van der Waals surface area contributed by atoms with Crippen LogP contribution in [0.4, 0.5) is 10.1 Å². The summed E-state index contributed by atoms with van der Waals surface area (Å²) in [6, 6.07) is 0. The fourth-order valence-electron chi connectivity index (χ4n) is 2.86. The van der Waals surface area contributed by atoms with Crippen LogP contribution in [0.3, 0.4) is 0 Å². The summed E-state index contributed by atoms with van der Waals surface area (Å²) in [4.78, 5) is 25.8. The van der Waals surface area contributed by atoms with Crippen LogP contribution < -0.4 is 10.6 Å². The molecule has 11 heteroatoms. The first-order chi connectivity index (χ1) is 13.6. The Kier molecular flexibility index (Phi) is 7.65. The number of thioether (sulfide) groups is 1.